The number of Topliss-reactive ketones (excluding diaryl/α,β-unsaturated/α-hetero) is 1. The van der Waals surface area contributed by atoms with Crippen LogP contribution in [-0.2, 0) is 11.2 Å². The average Bonchev–Trinajstić information content (AvgIpc) is 2.61. The second-order valence-corrected chi connectivity index (χ2v) is 6.32. The van der Waals surface area contributed by atoms with Gasteiger partial charge < -0.3 is 5.32 Å². The van der Waals surface area contributed by atoms with Gasteiger partial charge in [0.2, 0.25) is 0 Å². The Hall–Kier alpha value is -3.28. The average molecular weight is 366 g/mol. The summed E-state index contributed by atoms with van der Waals surface area (Å²) in [5.41, 5.74) is 2.75. The second-order valence-electron chi connectivity index (χ2n) is 6.32. The van der Waals surface area contributed by atoms with Crippen molar-refractivity contribution in [2.45, 2.75) is 26.2 Å². The summed E-state index contributed by atoms with van der Waals surface area (Å²) in [5.74, 6) is -0.488. The third-order valence-corrected chi connectivity index (χ3v) is 4.32. The van der Waals surface area contributed by atoms with E-state index in [9.17, 15) is 19.7 Å². The van der Waals surface area contributed by atoms with E-state index in [1.165, 1.54) is 24.3 Å². The predicted molar refractivity (Wildman–Crippen MR) is 105 cm³/mol. The lowest BCUT2D eigenvalue weighted by Gasteiger charge is -2.18. The molecule has 1 aromatic rings. The summed E-state index contributed by atoms with van der Waals surface area (Å²) in [7, 11) is 0. The zero-order valence-electron chi connectivity index (χ0n) is 15.3. The van der Waals surface area contributed by atoms with Gasteiger partial charge in [0.25, 0.3) is 11.6 Å². The van der Waals surface area contributed by atoms with Crippen molar-refractivity contribution in [3.05, 3.63) is 87.5 Å². The number of carbonyl (C=O) groups excluding carboxylic acids is 2. The molecule has 0 aromatic heterocycles. The summed E-state index contributed by atoms with van der Waals surface area (Å²) in [6.07, 6.45) is 6.23. The first-order chi connectivity index (χ1) is 12.9. The maximum atomic E-state index is 12.7. The van der Waals surface area contributed by atoms with Gasteiger partial charge in [0.15, 0.2) is 5.78 Å². The Labute approximate surface area is 158 Å². The van der Waals surface area contributed by atoms with Crippen LogP contribution in [0.3, 0.4) is 0 Å². The first kappa shape index (κ1) is 20.0. The quantitative estimate of drug-likeness (QED) is 0.430. The number of amides is 1. The number of ketones is 1. The lowest BCUT2D eigenvalue weighted by molar-refractivity contribution is -0.385. The molecular weight excluding hydrogens is 344 g/mol. The number of nitro benzene ring substituents is 1. The Balaban J connectivity index is 2.30. The summed E-state index contributed by atoms with van der Waals surface area (Å²) in [4.78, 5) is 35.7. The minimum Gasteiger partial charge on any atom is -0.348 e. The molecule has 0 unspecified atom stereocenters. The first-order valence-corrected chi connectivity index (χ1v) is 8.57. The second kappa shape index (κ2) is 8.89. The Morgan fingerprint density at radius 3 is 2.63 bits per heavy atom. The highest BCUT2D eigenvalue weighted by atomic mass is 16.6. The molecule has 0 aliphatic heterocycles. The van der Waals surface area contributed by atoms with Crippen LogP contribution in [0.1, 0.15) is 35.7 Å². The van der Waals surface area contributed by atoms with Gasteiger partial charge >= 0.3 is 0 Å². The zero-order chi connectivity index (χ0) is 20.0. The van der Waals surface area contributed by atoms with Crippen molar-refractivity contribution in [2.24, 2.45) is 0 Å². The molecule has 27 heavy (non-hydrogen) atoms. The number of nitrogens with zero attached hydrogens (tertiary/aromatic N) is 1. The fourth-order valence-corrected chi connectivity index (χ4v) is 3.11. The van der Waals surface area contributed by atoms with E-state index in [0.29, 0.717) is 24.0 Å². The SMILES string of the molecule is C=CCC1=C(CNC(=O)c2cccc([N+](=O)[O-])c2CC=C)C(=O)CC(C)=C1. The van der Waals surface area contributed by atoms with Gasteiger partial charge in [-0.15, -0.1) is 13.2 Å². The van der Waals surface area contributed by atoms with E-state index in [0.717, 1.165) is 11.1 Å². The molecule has 0 fully saturated rings. The molecule has 1 N–H and O–H groups in total. The highest BCUT2D eigenvalue weighted by Gasteiger charge is 2.23. The smallest absolute Gasteiger partial charge is 0.273 e. The van der Waals surface area contributed by atoms with E-state index in [4.69, 9.17) is 0 Å². The molecule has 0 heterocycles. The van der Waals surface area contributed by atoms with Crippen molar-refractivity contribution < 1.29 is 14.5 Å². The minimum atomic E-state index is -0.515. The number of rotatable bonds is 8. The fraction of sp³-hybridized carbons (Fsp3) is 0.238. The number of carbonyl (C=O) groups is 2. The van der Waals surface area contributed by atoms with E-state index >= 15 is 0 Å². The maximum absolute atomic E-state index is 12.7. The van der Waals surface area contributed by atoms with Crippen molar-refractivity contribution >= 4 is 17.4 Å². The van der Waals surface area contributed by atoms with Crippen molar-refractivity contribution in [3.63, 3.8) is 0 Å². The summed E-state index contributed by atoms with van der Waals surface area (Å²) in [6.45, 7) is 9.27. The summed E-state index contributed by atoms with van der Waals surface area (Å²) in [5, 5.41) is 14.0. The van der Waals surface area contributed by atoms with E-state index in [1.54, 1.807) is 6.08 Å². The normalized spacial score (nSPS) is 13.8. The van der Waals surface area contributed by atoms with Crippen LogP contribution in [0.5, 0.6) is 0 Å². The highest BCUT2D eigenvalue weighted by molar-refractivity contribution is 6.02. The number of hydrogen-bond acceptors (Lipinski definition) is 4. The third kappa shape index (κ3) is 4.67. The molecule has 6 nitrogen and oxygen atoms in total. The molecule has 6 heteroatoms. The largest absolute Gasteiger partial charge is 0.348 e. The van der Waals surface area contributed by atoms with Gasteiger partial charge in [0.05, 0.1) is 4.92 Å². The monoisotopic (exact) mass is 366 g/mol. The van der Waals surface area contributed by atoms with E-state index in [1.807, 2.05) is 13.0 Å². The molecule has 1 amide bonds. The number of nitro groups is 1. The predicted octanol–water partition coefficient (Wildman–Crippen LogP) is 3.84. The van der Waals surface area contributed by atoms with Crippen molar-refractivity contribution in [3.8, 4) is 0 Å². The molecule has 1 aliphatic rings. The van der Waals surface area contributed by atoms with Gasteiger partial charge in [0.1, 0.15) is 0 Å². The van der Waals surface area contributed by atoms with Crippen LogP contribution in [-0.4, -0.2) is 23.2 Å². The van der Waals surface area contributed by atoms with Crippen LogP contribution in [0.25, 0.3) is 0 Å². The Morgan fingerprint density at radius 1 is 1.30 bits per heavy atom. The fourth-order valence-electron chi connectivity index (χ4n) is 3.11. The van der Waals surface area contributed by atoms with Crippen LogP contribution in [0.2, 0.25) is 0 Å². The first-order valence-electron chi connectivity index (χ1n) is 8.57. The number of allylic oxidation sites excluding steroid dienone is 5. The van der Waals surface area contributed by atoms with E-state index < -0.39 is 10.8 Å². The summed E-state index contributed by atoms with van der Waals surface area (Å²) >= 11 is 0. The third-order valence-electron chi connectivity index (χ3n) is 4.32. The Kier molecular flexibility index (Phi) is 6.60. The molecule has 0 atom stereocenters. The van der Waals surface area contributed by atoms with Crippen LogP contribution in [0.15, 0.2) is 66.3 Å². The van der Waals surface area contributed by atoms with Crippen LogP contribution < -0.4 is 5.32 Å². The standard InChI is InChI=1S/C21H22N2O4/c1-4-7-15-11-14(3)12-20(24)18(15)13-22-21(25)17-9-6-10-19(23(26)27)16(17)8-5-2/h4-6,9-11H,1-2,7-8,12-13H2,3H3,(H,22,25). The van der Waals surface area contributed by atoms with Gasteiger partial charge in [-0.2, -0.15) is 0 Å². The van der Waals surface area contributed by atoms with Crippen molar-refractivity contribution in [1.82, 2.24) is 5.32 Å². The van der Waals surface area contributed by atoms with Crippen molar-refractivity contribution in [1.29, 1.82) is 0 Å². The van der Waals surface area contributed by atoms with E-state index in [-0.39, 0.29) is 30.0 Å². The van der Waals surface area contributed by atoms with Gasteiger partial charge in [-0.1, -0.05) is 29.9 Å². The summed E-state index contributed by atoms with van der Waals surface area (Å²) in [6, 6.07) is 4.37. The minimum absolute atomic E-state index is 0.0301. The molecule has 0 saturated heterocycles. The van der Waals surface area contributed by atoms with Crippen LogP contribution in [0, 0.1) is 10.1 Å². The molecular formula is C21H22N2O4. The number of hydrogen-bond donors (Lipinski definition) is 1. The molecule has 0 bridgehead atoms. The number of benzene rings is 1. The molecule has 0 spiro atoms. The zero-order valence-corrected chi connectivity index (χ0v) is 15.3. The molecule has 1 aromatic carbocycles. The van der Waals surface area contributed by atoms with Gasteiger partial charge in [-0.25, -0.2) is 0 Å². The van der Waals surface area contributed by atoms with E-state index in [2.05, 4.69) is 18.5 Å². The van der Waals surface area contributed by atoms with Gasteiger partial charge in [-0.3, -0.25) is 19.7 Å². The molecule has 0 radical (unpaired) electrons. The Bertz CT molecular complexity index is 878. The molecule has 1 aliphatic carbocycles. The molecule has 0 saturated carbocycles. The Morgan fingerprint density at radius 2 is 2.00 bits per heavy atom. The maximum Gasteiger partial charge on any atom is 0.273 e. The topological polar surface area (TPSA) is 89.3 Å². The van der Waals surface area contributed by atoms with Crippen molar-refractivity contribution in [2.75, 3.05) is 6.54 Å². The lowest BCUT2D eigenvalue weighted by atomic mass is 9.90. The van der Waals surface area contributed by atoms with Gasteiger partial charge in [0, 0.05) is 35.7 Å². The molecule has 2 rings (SSSR count). The summed E-state index contributed by atoms with van der Waals surface area (Å²) < 4.78 is 0. The van der Waals surface area contributed by atoms with Gasteiger partial charge in [-0.05, 0) is 31.4 Å². The van der Waals surface area contributed by atoms with Crippen LogP contribution in [0.4, 0.5) is 5.69 Å². The number of nitrogens with one attached hydrogen (secondary N) is 1. The highest BCUT2D eigenvalue weighted by Crippen LogP contribution is 2.25. The lowest BCUT2D eigenvalue weighted by Crippen LogP contribution is -2.30. The van der Waals surface area contributed by atoms with Crippen LogP contribution >= 0.6 is 0 Å². The molecule has 140 valence electrons.